The summed E-state index contributed by atoms with van der Waals surface area (Å²) in [7, 11) is 0. The molecule has 1 aliphatic rings. The summed E-state index contributed by atoms with van der Waals surface area (Å²) < 4.78 is 5.30. The van der Waals surface area contributed by atoms with E-state index in [4.69, 9.17) is 4.52 Å². The molecule has 7 heteroatoms. The molecule has 0 bridgehead atoms. The molecule has 2 amide bonds. The lowest BCUT2D eigenvalue weighted by molar-refractivity contribution is -0.132. The number of piperazine rings is 1. The van der Waals surface area contributed by atoms with Gasteiger partial charge in [-0.3, -0.25) is 9.59 Å². The Morgan fingerprint density at radius 3 is 2.59 bits per heavy atom. The predicted octanol–water partition coefficient (Wildman–Crippen LogP) is 1.55. The molecule has 2 heterocycles. The number of nitrogens with zero attached hydrogens (tertiary/aromatic N) is 3. The van der Waals surface area contributed by atoms with Crippen molar-refractivity contribution < 1.29 is 14.1 Å². The molecule has 0 atom stereocenters. The zero-order valence-electron chi connectivity index (χ0n) is 15.7. The van der Waals surface area contributed by atoms with Crippen LogP contribution in [0.2, 0.25) is 0 Å². The first kappa shape index (κ1) is 19.1. The highest BCUT2D eigenvalue weighted by Crippen LogP contribution is 2.19. The Labute approximate surface area is 159 Å². The van der Waals surface area contributed by atoms with Gasteiger partial charge < -0.3 is 19.6 Å². The average molecular weight is 370 g/mol. The zero-order chi connectivity index (χ0) is 19.1. The van der Waals surface area contributed by atoms with Crippen LogP contribution in [0.15, 0.2) is 40.9 Å². The van der Waals surface area contributed by atoms with Gasteiger partial charge in [-0.2, -0.15) is 0 Å². The Bertz CT molecular complexity index is 752. The number of hydrogen-bond acceptors (Lipinski definition) is 5. The highest BCUT2D eigenvalue weighted by molar-refractivity contribution is 5.80. The fraction of sp³-hybridized carbons (Fsp3) is 0.450. The summed E-state index contributed by atoms with van der Waals surface area (Å²) in [4.78, 5) is 28.5. The van der Waals surface area contributed by atoms with Gasteiger partial charge in [0.1, 0.15) is 0 Å². The minimum Gasteiger partial charge on any atom is -0.356 e. The van der Waals surface area contributed by atoms with Gasteiger partial charge in [-0.05, 0) is 6.54 Å². The third kappa shape index (κ3) is 5.40. The van der Waals surface area contributed by atoms with Gasteiger partial charge in [0.15, 0.2) is 5.76 Å². The number of aromatic nitrogens is 1. The molecular weight excluding hydrogens is 344 g/mol. The molecule has 0 unspecified atom stereocenters. The summed E-state index contributed by atoms with van der Waals surface area (Å²) in [5, 5.41) is 6.74. The number of benzene rings is 1. The van der Waals surface area contributed by atoms with Crippen molar-refractivity contribution in [2.75, 3.05) is 39.3 Å². The molecule has 0 radical (unpaired) electrons. The van der Waals surface area contributed by atoms with Crippen molar-refractivity contribution in [1.29, 1.82) is 0 Å². The quantitative estimate of drug-likeness (QED) is 0.800. The molecular formula is C20H26N4O3. The second kappa shape index (κ2) is 9.32. The lowest BCUT2D eigenvalue weighted by atomic mass is 10.1. The van der Waals surface area contributed by atoms with E-state index in [0.717, 1.165) is 38.3 Å². The van der Waals surface area contributed by atoms with Crippen LogP contribution < -0.4 is 5.32 Å². The molecule has 1 N–H and O–H groups in total. The van der Waals surface area contributed by atoms with Crippen LogP contribution >= 0.6 is 0 Å². The highest BCUT2D eigenvalue weighted by Gasteiger charge is 2.20. The van der Waals surface area contributed by atoms with Gasteiger partial charge in [0.2, 0.25) is 11.8 Å². The van der Waals surface area contributed by atoms with Gasteiger partial charge in [-0.25, -0.2) is 0 Å². The summed E-state index contributed by atoms with van der Waals surface area (Å²) >= 11 is 0. The molecule has 27 heavy (non-hydrogen) atoms. The summed E-state index contributed by atoms with van der Waals surface area (Å²) in [5.41, 5.74) is 1.50. The standard InChI is InChI=1S/C20H26N4O3/c1-2-23-10-12-24(13-11-23)20(26)8-9-21-19(25)15-17-14-18(27-22-17)16-6-4-3-5-7-16/h3-7,14H,2,8-13,15H2,1H3,(H,21,25). The van der Waals surface area contributed by atoms with Gasteiger partial charge in [-0.1, -0.05) is 42.4 Å². The predicted molar refractivity (Wildman–Crippen MR) is 102 cm³/mol. The minimum atomic E-state index is -0.161. The van der Waals surface area contributed by atoms with Crippen LogP contribution in [0.5, 0.6) is 0 Å². The lowest BCUT2D eigenvalue weighted by Gasteiger charge is -2.34. The Morgan fingerprint density at radius 1 is 1.15 bits per heavy atom. The van der Waals surface area contributed by atoms with E-state index in [-0.39, 0.29) is 18.2 Å². The van der Waals surface area contributed by atoms with E-state index in [1.807, 2.05) is 35.2 Å². The number of rotatable bonds is 7. The number of amides is 2. The molecule has 144 valence electrons. The first-order valence-corrected chi connectivity index (χ1v) is 9.43. The van der Waals surface area contributed by atoms with Crippen LogP contribution in [0.1, 0.15) is 19.0 Å². The monoisotopic (exact) mass is 370 g/mol. The van der Waals surface area contributed by atoms with E-state index in [2.05, 4.69) is 22.3 Å². The molecule has 7 nitrogen and oxygen atoms in total. The smallest absolute Gasteiger partial charge is 0.226 e. The highest BCUT2D eigenvalue weighted by atomic mass is 16.5. The normalized spacial score (nSPS) is 14.9. The molecule has 3 rings (SSSR count). The number of nitrogens with one attached hydrogen (secondary N) is 1. The summed E-state index contributed by atoms with van der Waals surface area (Å²) in [6.45, 7) is 6.87. The molecule has 0 aliphatic carbocycles. The largest absolute Gasteiger partial charge is 0.356 e. The van der Waals surface area contributed by atoms with Crippen molar-refractivity contribution in [2.24, 2.45) is 0 Å². The summed E-state index contributed by atoms with van der Waals surface area (Å²) in [6, 6.07) is 11.4. The molecule has 1 aliphatic heterocycles. The second-order valence-corrected chi connectivity index (χ2v) is 6.64. The van der Waals surface area contributed by atoms with E-state index in [1.165, 1.54) is 0 Å². The van der Waals surface area contributed by atoms with Crippen LogP contribution in [0.4, 0.5) is 0 Å². The van der Waals surface area contributed by atoms with Crippen LogP contribution in [-0.4, -0.2) is 66.0 Å². The second-order valence-electron chi connectivity index (χ2n) is 6.64. The zero-order valence-corrected chi connectivity index (χ0v) is 15.7. The number of likely N-dealkylation sites (N-methyl/N-ethyl adjacent to an activating group) is 1. The van der Waals surface area contributed by atoms with Crippen LogP contribution in [0, 0.1) is 0 Å². The van der Waals surface area contributed by atoms with Crippen molar-refractivity contribution in [3.8, 4) is 11.3 Å². The van der Waals surface area contributed by atoms with E-state index >= 15 is 0 Å². The van der Waals surface area contributed by atoms with Gasteiger partial charge in [-0.15, -0.1) is 0 Å². The fourth-order valence-electron chi connectivity index (χ4n) is 3.14. The third-order valence-corrected chi connectivity index (χ3v) is 4.79. The van der Waals surface area contributed by atoms with Crippen LogP contribution in [0.3, 0.4) is 0 Å². The molecule has 1 saturated heterocycles. The summed E-state index contributed by atoms with van der Waals surface area (Å²) in [6.07, 6.45) is 0.464. The molecule has 1 aromatic carbocycles. The van der Waals surface area contributed by atoms with Gasteiger partial charge in [0, 0.05) is 50.8 Å². The Kier molecular flexibility index (Phi) is 6.59. The maximum absolute atomic E-state index is 12.2. The Morgan fingerprint density at radius 2 is 1.89 bits per heavy atom. The van der Waals surface area contributed by atoms with Crippen molar-refractivity contribution >= 4 is 11.8 Å². The SMILES string of the molecule is CCN1CCN(C(=O)CCNC(=O)Cc2cc(-c3ccccc3)on2)CC1. The van der Waals surface area contributed by atoms with Crippen LogP contribution in [0.25, 0.3) is 11.3 Å². The van der Waals surface area contributed by atoms with Crippen molar-refractivity contribution in [2.45, 2.75) is 19.8 Å². The molecule has 2 aromatic rings. The lowest BCUT2D eigenvalue weighted by Crippen LogP contribution is -2.49. The van der Waals surface area contributed by atoms with Crippen molar-refractivity contribution in [3.05, 3.63) is 42.1 Å². The van der Waals surface area contributed by atoms with Crippen LogP contribution in [-0.2, 0) is 16.0 Å². The first-order chi connectivity index (χ1) is 13.2. The first-order valence-electron chi connectivity index (χ1n) is 9.43. The van der Waals surface area contributed by atoms with E-state index < -0.39 is 0 Å². The number of hydrogen-bond donors (Lipinski definition) is 1. The summed E-state index contributed by atoms with van der Waals surface area (Å²) in [5.74, 6) is 0.574. The third-order valence-electron chi connectivity index (χ3n) is 4.79. The molecule has 1 aromatic heterocycles. The maximum atomic E-state index is 12.2. The van der Waals surface area contributed by atoms with E-state index in [9.17, 15) is 9.59 Å². The molecule has 0 spiro atoms. The molecule has 0 saturated carbocycles. The van der Waals surface area contributed by atoms with Crippen molar-refractivity contribution in [3.63, 3.8) is 0 Å². The average Bonchev–Trinajstić information content (AvgIpc) is 3.17. The van der Waals surface area contributed by atoms with Gasteiger partial charge >= 0.3 is 0 Å². The number of carbonyl (C=O) groups excluding carboxylic acids is 2. The number of carbonyl (C=O) groups is 2. The van der Waals surface area contributed by atoms with E-state index in [1.54, 1.807) is 6.07 Å². The van der Waals surface area contributed by atoms with Gasteiger partial charge in [0.25, 0.3) is 0 Å². The fourth-order valence-corrected chi connectivity index (χ4v) is 3.14. The topological polar surface area (TPSA) is 78.7 Å². The Hall–Kier alpha value is -2.67. The van der Waals surface area contributed by atoms with Gasteiger partial charge in [0.05, 0.1) is 12.1 Å². The Balaban J connectivity index is 1.39. The minimum absolute atomic E-state index is 0.0962. The maximum Gasteiger partial charge on any atom is 0.226 e. The molecule has 1 fully saturated rings. The van der Waals surface area contributed by atoms with E-state index in [0.29, 0.717) is 24.4 Å². The van der Waals surface area contributed by atoms with Crippen molar-refractivity contribution in [1.82, 2.24) is 20.3 Å².